The highest BCUT2D eigenvalue weighted by molar-refractivity contribution is 9.10. The van der Waals surface area contributed by atoms with Gasteiger partial charge in [-0.2, -0.15) is 0 Å². The van der Waals surface area contributed by atoms with Gasteiger partial charge in [-0.15, -0.1) is 0 Å². The highest BCUT2D eigenvalue weighted by Gasteiger charge is 2.27. The van der Waals surface area contributed by atoms with E-state index < -0.39 is 0 Å². The van der Waals surface area contributed by atoms with Gasteiger partial charge in [-0.3, -0.25) is 0 Å². The maximum Gasteiger partial charge on any atom is 0.162 e. The third kappa shape index (κ3) is 2.77. The van der Waals surface area contributed by atoms with Gasteiger partial charge in [-0.05, 0) is 42.6 Å². The van der Waals surface area contributed by atoms with Crippen LogP contribution in [0.4, 0.5) is 0 Å². The van der Waals surface area contributed by atoms with Crippen LogP contribution in [0, 0.1) is 5.92 Å². The molecule has 1 aromatic rings. The fourth-order valence-corrected chi connectivity index (χ4v) is 3.05. The van der Waals surface area contributed by atoms with Gasteiger partial charge in [0.05, 0.1) is 13.2 Å². The minimum Gasteiger partial charge on any atom is -0.348 e. The van der Waals surface area contributed by atoms with Gasteiger partial charge < -0.3 is 14.8 Å². The molecule has 0 aromatic heterocycles. The normalized spacial score (nSPS) is 28.5. The van der Waals surface area contributed by atoms with Crippen molar-refractivity contribution >= 4 is 15.9 Å². The molecule has 1 fully saturated rings. The van der Waals surface area contributed by atoms with Crippen LogP contribution in [0.25, 0.3) is 0 Å². The van der Waals surface area contributed by atoms with E-state index in [1.807, 2.05) is 0 Å². The molecule has 3 rings (SSSR count). The maximum atomic E-state index is 5.94. The first-order valence-electron chi connectivity index (χ1n) is 6.54. The summed E-state index contributed by atoms with van der Waals surface area (Å²) in [5.41, 5.74) is 2.47. The van der Waals surface area contributed by atoms with E-state index in [2.05, 4.69) is 39.4 Å². The van der Waals surface area contributed by atoms with Crippen LogP contribution in [0.5, 0.6) is 0 Å². The largest absolute Gasteiger partial charge is 0.348 e. The highest BCUT2D eigenvalue weighted by atomic mass is 79.9. The summed E-state index contributed by atoms with van der Waals surface area (Å²) < 4.78 is 13.0. The zero-order valence-corrected chi connectivity index (χ0v) is 11.9. The number of fused-ring (bicyclic) bond motifs is 1. The van der Waals surface area contributed by atoms with Crippen LogP contribution in [0.2, 0.25) is 0 Å². The zero-order chi connectivity index (χ0) is 12.4. The molecule has 1 aromatic carbocycles. The van der Waals surface area contributed by atoms with Crippen molar-refractivity contribution in [2.75, 3.05) is 13.1 Å². The Hall–Kier alpha value is -0.420. The first kappa shape index (κ1) is 12.6. The Bertz CT molecular complexity index is 418. The van der Waals surface area contributed by atoms with Gasteiger partial charge in [0.1, 0.15) is 0 Å². The van der Waals surface area contributed by atoms with E-state index in [1.54, 1.807) is 0 Å². The second-order valence-corrected chi connectivity index (χ2v) is 5.93. The fourth-order valence-electron chi connectivity index (χ4n) is 2.64. The molecule has 2 atom stereocenters. The van der Waals surface area contributed by atoms with Crippen molar-refractivity contribution in [1.29, 1.82) is 0 Å². The molecule has 0 saturated carbocycles. The minimum absolute atomic E-state index is 0.0658. The summed E-state index contributed by atoms with van der Waals surface area (Å²) in [4.78, 5) is 0. The van der Waals surface area contributed by atoms with Crippen molar-refractivity contribution in [2.24, 2.45) is 5.92 Å². The maximum absolute atomic E-state index is 5.94. The van der Waals surface area contributed by atoms with Crippen LogP contribution in [0.3, 0.4) is 0 Å². The Morgan fingerprint density at radius 3 is 2.78 bits per heavy atom. The summed E-state index contributed by atoms with van der Waals surface area (Å²) >= 11 is 3.50. The van der Waals surface area contributed by atoms with Crippen LogP contribution >= 0.6 is 15.9 Å². The molecular formula is C14H18BrNO2. The number of piperidine rings is 1. The molecule has 4 heteroatoms. The summed E-state index contributed by atoms with van der Waals surface area (Å²) in [6.07, 6.45) is 2.34. The molecule has 0 amide bonds. The molecule has 0 bridgehead atoms. The lowest BCUT2D eigenvalue weighted by molar-refractivity contribution is -0.181. The molecule has 18 heavy (non-hydrogen) atoms. The lowest BCUT2D eigenvalue weighted by Crippen LogP contribution is -2.38. The molecule has 3 nitrogen and oxygen atoms in total. The molecule has 2 aliphatic heterocycles. The Morgan fingerprint density at radius 2 is 2.00 bits per heavy atom. The fraction of sp³-hybridized carbons (Fsp3) is 0.571. The van der Waals surface area contributed by atoms with E-state index >= 15 is 0 Å². The SMILES string of the molecule is Brc1ccc2c(c1)COC(C1CCCNC1)OC2. The van der Waals surface area contributed by atoms with E-state index in [-0.39, 0.29) is 6.29 Å². The predicted octanol–water partition coefficient (Wildman–Crippen LogP) is 2.82. The topological polar surface area (TPSA) is 30.5 Å². The number of ether oxygens (including phenoxy) is 2. The molecule has 2 heterocycles. The lowest BCUT2D eigenvalue weighted by atomic mass is 9.99. The zero-order valence-electron chi connectivity index (χ0n) is 10.3. The van der Waals surface area contributed by atoms with Crippen molar-refractivity contribution in [2.45, 2.75) is 32.3 Å². The third-order valence-electron chi connectivity index (χ3n) is 3.69. The quantitative estimate of drug-likeness (QED) is 0.865. The number of benzene rings is 1. The van der Waals surface area contributed by atoms with Crippen molar-refractivity contribution in [1.82, 2.24) is 5.32 Å². The Morgan fingerprint density at radius 1 is 1.17 bits per heavy atom. The average molecular weight is 312 g/mol. The Kier molecular flexibility index (Phi) is 3.99. The first-order chi connectivity index (χ1) is 8.83. The van der Waals surface area contributed by atoms with Crippen molar-refractivity contribution in [3.8, 4) is 0 Å². The average Bonchev–Trinajstić information content (AvgIpc) is 2.62. The van der Waals surface area contributed by atoms with E-state index in [1.165, 1.54) is 24.0 Å². The van der Waals surface area contributed by atoms with Gasteiger partial charge in [-0.1, -0.05) is 22.0 Å². The summed E-state index contributed by atoms with van der Waals surface area (Å²) in [6.45, 7) is 3.43. The molecule has 98 valence electrons. The summed E-state index contributed by atoms with van der Waals surface area (Å²) in [5.74, 6) is 0.483. The highest BCUT2D eigenvalue weighted by Crippen LogP contribution is 2.26. The Balaban J connectivity index is 1.70. The first-order valence-corrected chi connectivity index (χ1v) is 7.33. The van der Waals surface area contributed by atoms with Gasteiger partial charge in [0.25, 0.3) is 0 Å². The molecule has 1 saturated heterocycles. The van der Waals surface area contributed by atoms with E-state index in [4.69, 9.17) is 9.47 Å². The van der Waals surface area contributed by atoms with E-state index in [9.17, 15) is 0 Å². The number of rotatable bonds is 1. The standard InChI is InChI=1S/C14H18BrNO2/c15-13-4-3-11-8-17-14(18-9-12(11)6-13)10-2-1-5-16-7-10/h3-4,6,10,14,16H,1-2,5,7-9H2. The molecule has 0 spiro atoms. The number of halogens is 1. The predicted molar refractivity (Wildman–Crippen MR) is 73.1 cm³/mol. The van der Waals surface area contributed by atoms with Crippen molar-refractivity contribution in [3.05, 3.63) is 33.8 Å². The molecule has 2 unspecified atom stereocenters. The van der Waals surface area contributed by atoms with Crippen molar-refractivity contribution in [3.63, 3.8) is 0 Å². The smallest absolute Gasteiger partial charge is 0.162 e. The second-order valence-electron chi connectivity index (χ2n) is 5.01. The van der Waals surface area contributed by atoms with Gasteiger partial charge in [0, 0.05) is 16.9 Å². The van der Waals surface area contributed by atoms with Crippen LogP contribution < -0.4 is 5.32 Å². The summed E-state index contributed by atoms with van der Waals surface area (Å²) in [5, 5.41) is 3.42. The van der Waals surface area contributed by atoms with E-state index in [0.717, 1.165) is 17.6 Å². The number of nitrogens with one attached hydrogen (secondary N) is 1. The number of hydrogen-bond acceptors (Lipinski definition) is 3. The monoisotopic (exact) mass is 311 g/mol. The van der Waals surface area contributed by atoms with Gasteiger partial charge in [0.15, 0.2) is 6.29 Å². The van der Waals surface area contributed by atoms with Gasteiger partial charge in [0.2, 0.25) is 0 Å². The van der Waals surface area contributed by atoms with Crippen LogP contribution in [-0.4, -0.2) is 19.4 Å². The third-order valence-corrected chi connectivity index (χ3v) is 4.19. The minimum atomic E-state index is -0.0658. The van der Waals surface area contributed by atoms with Crippen LogP contribution in [0.1, 0.15) is 24.0 Å². The molecule has 2 aliphatic rings. The summed E-state index contributed by atoms with van der Waals surface area (Å²) in [6, 6.07) is 6.30. The molecular weight excluding hydrogens is 294 g/mol. The van der Waals surface area contributed by atoms with Crippen LogP contribution in [-0.2, 0) is 22.7 Å². The second kappa shape index (κ2) is 5.70. The number of hydrogen-bond donors (Lipinski definition) is 1. The van der Waals surface area contributed by atoms with Crippen LogP contribution in [0.15, 0.2) is 22.7 Å². The van der Waals surface area contributed by atoms with Gasteiger partial charge >= 0.3 is 0 Å². The Labute approximate surface area is 116 Å². The molecule has 1 N–H and O–H groups in total. The van der Waals surface area contributed by atoms with Gasteiger partial charge in [-0.25, -0.2) is 0 Å². The lowest BCUT2D eigenvalue weighted by Gasteiger charge is -2.29. The van der Waals surface area contributed by atoms with E-state index in [0.29, 0.717) is 19.1 Å². The summed E-state index contributed by atoms with van der Waals surface area (Å²) in [7, 11) is 0. The molecule has 0 aliphatic carbocycles. The van der Waals surface area contributed by atoms with Crippen molar-refractivity contribution < 1.29 is 9.47 Å². The molecule has 0 radical (unpaired) electrons.